The van der Waals surface area contributed by atoms with Gasteiger partial charge in [0.25, 0.3) is 0 Å². The third-order valence-corrected chi connectivity index (χ3v) is 2.17. The highest BCUT2D eigenvalue weighted by molar-refractivity contribution is 6.19. The van der Waals surface area contributed by atoms with Crippen LogP contribution in [-0.4, -0.2) is 44.1 Å². The minimum absolute atomic E-state index is 0.468. The lowest BCUT2D eigenvalue weighted by atomic mass is 10.3. The van der Waals surface area contributed by atoms with Gasteiger partial charge < -0.3 is 4.74 Å². The summed E-state index contributed by atoms with van der Waals surface area (Å²) < 4.78 is 4.98. The minimum atomic E-state index is 0.468. The van der Waals surface area contributed by atoms with Gasteiger partial charge in [-0.25, -0.2) is 0 Å². The van der Waals surface area contributed by atoms with E-state index in [4.69, 9.17) is 21.6 Å². The zero-order chi connectivity index (χ0) is 10.8. The van der Waals surface area contributed by atoms with Crippen LogP contribution >= 0.6 is 11.6 Å². The average Bonchev–Trinajstić information content (AvgIpc) is 2.21. The molecule has 0 aromatic heterocycles. The van der Waals surface area contributed by atoms with E-state index in [1.165, 1.54) is 0 Å². The molecular formula is C10H17ClN2O. The second kappa shape index (κ2) is 9.01. The Morgan fingerprint density at radius 1 is 1.57 bits per heavy atom. The molecule has 4 heteroatoms. The highest BCUT2D eigenvalue weighted by Crippen LogP contribution is 2.00. The molecule has 0 fully saturated rings. The molecule has 0 heterocycles. The zero-order valence-corrected chi connectivity index (χ0v) is 9.39. The molecule has 0 rings (SSSR count). The molecule has 0 saturated heterocycles. The number of hydrogen-bond donors (Lipinski definition) is 0. The Labute approximate surface area is 90.9 Å². The van der Waals surface area contributed by atoms with Crippen LogP contribution in [0.15, 0.2) is 12.2 Å². The van der Waals surface area contributed by atoms with E-state index < -0.39 is 0 Å². The maximum absolute atomic E-state index is 8.48. The first-order valence-electron chi connectivity index (χ1n) is 4.55. The standard InChI is InChI=1S/C10H17ClN2O/c1-10(8-11)9-13(5-3-4-12)6-7-14-2/h1,3,5-9H2,2H3. The topological polar surface area (TPSA) is 36.3 Å². The number of alkyl halides is 1. The van der Waals surface area contributed by atoms with Crippen molar-refractivity contribution in [2.75, 3.05) is 39.2 Å². The van der Waals surface area contributed by atoms with Gasteiger partial charge in [-0.3, -0.25) is 4.90 Å². The third kappa shape index (κ3) is 6.90. The molecule has 0 aliphatic heterocycles. The van der Waals surface area contributed by atoms with Crippen LogP contribution in [-0.2, 0) is 4.74 Å². The largest absolute Gasteiger partial charge is 0.383 e. The van der Waals surface area contributed by atoms with Gasteiger partial charge in [-0.15, -0.1) is 11.6 Å². The summed E-state index contributed by atoms with van der Waals surface area (Å²) in [6.07, 6.45) is 0.527. The molecule has 0 saturated carbocycles. The zero-order valence-electron chi connectivity index (χ0n) is 8.63. The second-order valence-corrected chi connectivity index (χ2v) is 3.33. The Morgan fingerprint density at radius 2 is 2.29 bits per heavy atom. The molecular weight excluding hydrogens is 200 g/mol. The van der Waals surface area contributed by atoms with E-state index in [9.17, 15) is 0 Å². The smallest absolute Gasteiger partial charge is 0.0635 e. The molecule has 0 spiro atoms. The average molecular weight is 217 g/mol. The minimum Gasteiger partial charge on any atom is -0.383 e. The molecule has 14 heavy (non-hydrogen) atoms. The van der Waals surface area contributed by atoms with Gasteiger partial charge in [0.05, 0.1) is 12.7 Å². The lowest BCUT2D eigenvalue weighted by Crippen LogP contribution is -2.30. The number of nitrogens with zero attached hydrogens (tertiary/aromatic N) is 2. The van der Waals surface area contributed by atoms with Crippen molar-refractivity contribution >= 4 is 11.6 Å². The Balaban J connectivity index is 3.84. The van der Waals surface area contributed by atoms with Crippen LogP contribution in [0.2, 0.25) is 0 Å². The summed E-state index contributed by atoms with van der Waals surface area (Å²) in [7, 11) is 1.67. The lowest BCUT2D eigenvalue weighted by molar-refractivity contribution is 0.154. The highest BCUT2D eigenvalue weighted by atomic mass is 35.5. The van der Waals surface area contributed by atoms with E-state index in [0.717, 1.165) is 25.2 Å². The van der Waals surface area contributed by atoms with Crippen molar-refractivity contribution in [3.8, 4) is 6.07 Å². The van der Waals surface area contributed by atoms with Gasteiger partial charge in [0.15, 0.2) is 0 Å². The van der Waals surface area contributed by atoms with Crippen molar-refractivity contribution in [3.63, 3.8) is 0 Å². The van der Waals surface area contributed by atoms with E-state index in [1.54, 1.807) is 7.11 Å². The number of nitriles is 1. The molecule has 0 bridgehead atoms. The quantitative estimate of drug-likeness (QED) is 0.457. The number of halogens is 1. The van der Waals surface area contributed by atoms with E-state index in [0.29, 0.717) is 18.9 Å². The molecule has 0 aliphatic carbocycles. The van der Waals surface area contributed by atoms with Crippen molar-refractivity contribution in [1.82, 2.24) is 4.90 Å². The summed E-state index contributed by atoms with van der Waals surface area (Å²) in [4.78, 5) is 2.12. The first-order valence-corrected chi connectivity index (χ1v) is 5.09. The molecule has 80 valence electrons. The molecule has 0 aromatic rings. The fraction of sp³-hybridized carbons (Fsp3) is 0.700. The van der Waals surface area contributed by atoms with Crippen LogP contribution in [0.1, 0.15) is 6.42 Å². The molecule has 0 amide bonds. The number of ether oxygens (including phenoxy) is 1. The third-order valence-electron chi connectivity index (χ3n) is 1.79. The normalized spacial score (nSPS) is 10.1. The van der Waals surface area contributed by atoms with Crippen molar-refractivity contribution in [2.45, 2.75) is 6.42 Å². The lowest BCUT2D eigenvalue weighted by Gasteiger charge is -2.20. The fourth-order valence-corrected chi connectivity index (χ4v) is 1.14. The van der Waals surface area contributed by atoms with Gasteiger partial charge >= 0.3 is 0 Å². The number of hydrogen-bond acceptors (Lipinski definition) is 3. The molecule has 0 N–H and O–H groups in total. The van der Waals surface area contributed by atoms with E-state index in [-0.39, 0.29) is 0 Å². The van der Waals surface area contributed by atoms with Crippen molar-refractivity contribution in [3.05, 3.63) is 12.2 Å². The predicted octanol–water partition coefficient (Wildman–Crippen LogP) is 1.64. The second-order valence-electron chi connectivity index (χ2n) is 3.06. The van der Waals surface area contributed by atoms with E-state index >= 15 is 0 Å². The van der Waals surface area contributed by atoms with Crippen LogP contribution < -0.4 is 0 Å². The van der Waals surface area contributed by atoms with Crippen molar-refractivity contribution in [1.29, 1.82) is 5.26 Å². The summed E-state index contributed by atoms with van der Waals surface area (Å²) in [5.74, 6) is 0.468. The number of rotatable bonds is 8. The predicted molar refractivity (Wildman–Crippen MR) is 58.4 cm³/mol. The Hall–Kier alpha value is -0.560. The Morgan fingerprint density at radius 3 is 2.79 bits per heavy atom. The summed E-state index contributed by atoms with van der Waals surface area (Å²) >= 11 is 5.64. The number of methoxy groups -OCH3 is 1. The monoisotopic (exact) mass is 216 g/mol. The summed E-state index contributed by atoms with van der Waals surface area (Å²) in [5, 5.41) is 8.48. The fourth-order valence-electron chi connectivity index (χ4n) is 1.06. The molecule has 3 nitrogen and oxygen atoms in total. The van der Waals surface area contributed by atoms with Gasteiger partial charge in [0.1, 0.15) is 0 Å². The SMILES string of the molecule is C=C(CCl)CN(CCC#N)CCOC. The first kappa shape index (κ1) is 13.4. The van der Waals surface area contributed by atoms with Crippen LogP contribution in [0.25, 0.3) is 0 Å². The Bertz CT molecular complexity index is 201. The molecule has 0 unspecified atom stereocenters. The van der Waals surface area contributed by atoms with Gasteiger partial charge in [0.2, 0.25) is 0 Å². The Kier molecular flexibility index (Phi) is 8.65. The summed E-state index contributed by atoms with van der Waals surface area (Å²) in [6.45, 7) is 6.80. The van der Waals surface area contributed by atoms with Crippen molar-refractivity contribution < 1.29 is 4.74 Å². The van der Waals surface area contributed by atoms with E-state index in [2.05, 4.69) is 17.5 Å². The molecule has 0 aromatic carbocycles. The van der Waals surface area contributed by atoms with Crippen molar-refractivity contribution in [2.24, 2.45) is 0 Å². The maximum atomic E-state index is 8.48. The summed E-state index contributed by atoms with van der Waals surface area (Å²) in [5.41, 5.74) is 0.973. The maximum Gasteiger partial charge on any atom is 0.0635 e. The van der Waals surface area contributed by atoms with Crippen LogP contribution in [0.3, 0.4) is 0 Å². The van der Waals surface area contributed by atoms with Gasteiger partial charge in [0, 0.05) is 39.0 Å². The van der Waals surface area contributed by atoms with Gasteiger partial charge in [-0.1, -0.05) is 6.58 Å². The first-order chi connectivity index (χ1) is 6.74. The molecule has 0 radical (unpaired) electrons. The summed E-state index contributed by atoms with van der Waals surface area (Å²) in [6, 6.07) is 2.12. The van der Waals surface area contributed by atoms with Crippen LogP contribution in [0.5, 0.6) is 0 Å². The van der Waals surface area contributed by atoms with Gasteiger partial charge in [-0.05, 0) is 5.57 Å². The van der Waals surface area contributed by atoms with E-state index in [1.807, 2.05) is 0 Å². The van der Waals surface area contributed by atoms with Crippen LogP contribution in [0, 0.1) is 11.3 Å². The highest BCUT2D eigenvalue weighted by Gasteiger charge is 2.05. The molecule has 0 aliphatic rings. The molecule has 0 atom stereocenters. The van der Waals surface area contributed by atoms with Crippen LogP contribution in [0.4, 0.5) is 0 Å². The van der Waals surface area contributed by atoms with Gasteiger partial charge in [-0.2, -0.15) is 5.26 Å².